The summed E-state index contributed by atoms with van der Waals surface area (Å²) in [6, 6.07) is 6.94. The largest absolute Gasteiger partial charge is 0.507 e. The fraction of sp³-hybridized carbons (Fsp3) is 0.421. The number of carbonyl (C=O) groups is 1. The molecule has 1 fully saturated rings. The smallest absolute Gasteiger partial charge is 0.343 e. The number of rotatable bonds is 4. The number of benzene rings is 1. The number of hydrogen-bond acceptors (Lipinski definition) is 6. The standard InChI is InChI=1S/C19H23N3O3/c1-2-25-19(24)15-13-20-17(14-9-5-6-10-16(14)23)21-18(15)22-11-7-3-4-8-12-22/h5-6,9-10,13,23H,2-4,7-8,11-12H2,1H3. The predicted octanol–water partition coefficient (Wildman–Crippen LogP) is 3.41. The fourth-order valence-electron chi connectivity index (χ4n) is 3.04. The summed E-state index contributed by atoms with van der Waals surface area (Å²) in [6.45, 7) is 3.79. The lowest BCUT2D eigenvalue weighted by Gasteiger charge is -2.23. The molecule has 0 bridgehead atoms. The Morgan fingerprint density at radius 2 is 1.92 bits per heavy atom. The van der Waals surface area contributed by atoms with Gasteiger partial charge in [-0.15, -0.1) is 0 Å². The summed E-state index contributed by atoms with van der Waals surface area (Å²) in [6.07, 6.45) is 6.01. The number of nitrogens with zero attached hydrogens (tertiary/aromatic N) is 3. The van der Waals surface area contributed by atoms with Crippen LogP contribution in [0.4, 0.5) is 5.82 Å². The molecule has 132 valence electrons. The first-order chi connectivity index (χ1) is 12.2. The van der Waals surface area contributed by atoms with E-state index in [1.54, 1.807) is 25.1 Å². The van der Waals surface area contributed by atoms with Crippen LogP contribution in [0.15, 0.2) is 30.5 Å². The van der Waals surface area contributed by atoms with Crippen molar-refractivity contribution in [3.8, 4) is 17.1 Å². The molecule has 1 N–H and O–H groups in total. The number of hydrogen-bond donors (Lipinski definition) is 1. The molecule has 1 aliphatic rings. The summed E-state index contributed by atoms with van der Waals surface area (Å²) in [5.41, 5.74) is 0.928. The van der Waals surface area contributed by atoms with Crippen molar-refractivity contribution in [1.29, 1.82) is 0 Å². The van der Waals surface area contributed by atoms with Crippen LogP contribution in [-0.4, -0.2) is 40.7 Å². The molecule has 0 amide bonds. The predicted molar refractivity (Wildman–Crippen MR) is 95.8 cm³/mol. The Hall–Kier alpha value is -2.63. The minimum Gasteiger partial charge on any atom is -0.507 e. The van der Waals surface area contributed by atoms with Crippen LogP contribution in [0.1, 0.15) is 43.0 Å². The molecule has 1 aliphatic heterocycles. The van der Waals surface area contributed by atoms with Gasteiger partial charge in [-0.2, -0.15) is 0 Å². The van der Waals surface area contributed by atoms with Crippen molar-refractivity contribution < 1.29 is 14.6 Å². The van der Waals surface area contributed by atoms with Gasteiger partial charge < -0.3 is 14.7 Å². The molecule has 0 radical (unpaired) electrons. The average molecular weight is 341 g/mol. The monoisotopic (exact) mass is 341 g/mol. The minimum absolute atomic E-state index is 0.119. The number of para-hydroxylation sites is 1. The zero-order chi connectivity index (χ0) is 17.6. The van der Waals surface area contributed by atoms with Gasteiger partial charge in [-0.1, -0.05) is 25.0 Å². The van der Waals surface area contributed by atoms with Crippen LogP contribution in [-0.2, 0) is 4.74 Å². The van der Waals surface area contributed by atoms with Gasteiger partial charge in [0.2, 0.25) is 0 Å². The van der Waals surface area contributed by atoms with Crippen molar-refractivity contribution in [2.24, 2.45) is 0 Å². The summed E-state index contributed by atoms with van der Waals surface area (Å²) in [5, 5.41) is 10.1. The molecule has 1 saturated heterocycles. The van der Waals surface area contributed by atoms with Gasteiger partial charge in [0.05, 0.1) is 12.2 Å². The van der Waals surface area contributed by atoms with Crippen molar-refractivity contribution in [1.82, 2.24) is 9.97 Å². The van der Waals surface area contributed by atoms with Gasteiger partial charge in [-0.05, 0) is 31.9 Å². The first-order valence-electron chi connectivity index (χ1n) is 8.78. The molecule has 2 heterocycles. The van der Waals surface area contributed by atoms with Crippen molar-refractivity contribution in [3.63, 3.8) is 0 Å². The van der Waals surface area contributed by atoms with E-state index in [9.17, 15) is 9.90 Å². The quantitative estimate of drug-likeness (QED) is 0.859. The fourth-order valence-corrected chi connectivity index (χ4v) is 3.04. The van der Waals surface area contributed by atoms with Gasteiger partial charge in [0.25, 0.3) is 0 Å². The molecule has 2 aromatic rings. The summed E-state index contributed by atoms with van der Waals surface area (Å²) in [7, 11) is 0. The Balaban J connectivity index is 2.05. The Bertz CT molecular complexity index is 740. The van der Waals surface area contributed by atoms with Gasteiger partial charge in [0.1, 0.15) is 17.1 Å². The van der Waals surface area contributed by atoms with E-state index in [0.29, 0.717) is 29.4 Å². The van der Waals surface area contributed by atoms with E-state index in [-0.39, 0.29) is 5.75 Å². The van der Waals surface area contributed by atoms with Gasteiger partial charge in [-0.3, -0.25) is 0 Å². The second-order valence-corrected chi connectivity index (χ2v) is 6.07. The highest BCUT2D eigenvalue weighted by Gasteiger charge is 2.22. The minimum atomic E-state index is -0.411. The van der Waals surface area contributed by atoms with Crippen LogP contribution in [0.2, 0.25) is 0 Å². The maximum atomic E-state index is 12.3. The summed E-state index contributed by atoms with van der Waals surface area (Å²) >= 11 is 0. The maximum absolute atomic E-state index is 12.3. The van der Waals surface area contributed by atoms with Gasteiger partial charge in [-0.25, -0.2) is 14.8 Å². The molecule has 1 aromatic carbocycles. The van der Waals surface area contributed by atoms with Gasteiger partial charge in [0.15, 0.2) is 5.82 Å². The Labute approximate surface area is 147 Å². The van der Waals surface area contributed by atoms with Crippen molar-refractivity contribution in [3.05, 3.63) is 36.0 Å². The Morgan fingerprint density at radius 3 is 2.60 bits per heavy atom. The second-order valence-electron chi connectivity index (χ2n) is 6.07. The summed E-state index contributed by atoms with van der Waals surface area (Å²) in [5.74, 6) is 0.706. The van der Waals surface area contributed by atoms with E-state index in [0.717, 1.165) is 25.9 Å². The van der Waals surface area contributed by atoms with Crippen molar-refractivity contribution >= 4 is 11.8 Å². The second kappa shape index (κ2) is 7.96. The molecule has 0 atom stereocenters. The average Bonchev–Trinajstić information content (AvgIpc) is 2.91. The maximum Gasteiger partial charge on any atom is 0.343 e. The lowest BCUT2D eigenvalue weighted by Crippen LogP contribution is -2.28. The number of phenolic OH excluding ortho intramolecular Hbond substituents is 1. The lowest BCUT2D eigenvalue weighted by molar-refractivity contribution is 0.0526. The van der Waals surface area contributed by atoms with Gasteiger partial charge >= 0.3 is 5.97 Å². The molecule has 0 aliphatic carbocycles. The lowest BCUT2D eigenvalue weighted by atomic mass is 10.1. The molecule has 0 spiro atoms. The van der Waals surface area contributed by atoms with Crippen molar-refractivity contribution in [2.75, 3.05) is 24.6 Å². The molecule has 3 rings (SSSR count). The van der Waals surface area contributed by atoms with Crippen LogP contribution in [0.25, 0.3) is 11.4 Å². The van der Waals surface area contributed by atoms with Crippen LogP contribution in [0.3, 0.4) is 0 Å². The Kier molecular flexibility index (Phi) is 5.48. The molecule has 6 heteroatoms. The van der Waals surface area contributed by atoms with E-state index in [2.05, 4.69) is 14.9 Å². The zero-order valence-corrected chi connectivity index (χ0v) is 14.4. The molecular weight excluding hydrogens is 318 g/mol. The number of anilines is 1. The van der Waals surface area contributed by atoms with Crippen LogP contribution in [0, 0.1) is 0 Å². The molecule has 1 aromatic heterocycles. The van der Waals surface area contributed by atoms with E-state index < -0.39 is 5.97 Å². The van der Waals surface area contributed by atoms with E-state index in [1.807, 2.05) is 6.07 Å². The summed E-state index contributed by atoms with van der Waals surface area (Å²) in [4.78, 5) is 23.4. The molecular formula is C19H23N3O3. The van der Waals surface area contributed by atoms with Crippen molar-refractivity contribution in [2.45, 2.75) is 32.6 Å². The third-order valence-electron chi connectivity index (χ3n) is 4.31. The first-order valence-corrected chi connectivity index (χ1v) is 8.78. The number of aromatic hydroxyl groups is 1. The molecule has 6 nitrogen and oxygen atoms in total. The van der Waals surface area contributed by atoms with Gasteiger partial charge in [0, 0.05) is 19.3 Å². The number of esters is 1. The Morgan fingerprint density at radius 1 is 1.20 bits per heavy atom. The third kappa shape index (κ3) is 3.90. The number of ether oxygens (including phenoxy) is 1. The normalized spacial score (nSPS) is 14.8. The number of aromatic nitrogens is 2. The molecule has 0 saturated carbocycles. The SMILES string of the molecule is CCOC(=O)c1cnc(-c2ccccc2O)nc1N1CCCCCC1. The van der Waals surface area contributed by atoms with Crippen LogP contribution < -0.4 is 4.90 Å². The number of carbonyl (C=O) groups excluding carboxylic acids is 1. The number of phenols is 1. The zero-order valence-electron chi connectivity index (χ0n) is 14.4. The van der Waals surface area contributed by atoms with Crippen LogP contribution >= 0.6 is 0 Å². The summed E-state index contributed by atoms with van der Waals surface area (Å²) < 4.78 is 5.16. The van der Waals surface area contributed by atoms with E-state index in [1.165, 1.54) is 19.0 Å². The first kappa shape index (κ1) is 17.2. The highest BCUT2D eigenvalue weighted by atomic mass is 16.5. The topological polar surface area (TPSA) is 75.5 Å². The molecule has 0 unspecified atom stereocenters. The highest BCUT2D eigenvalue weighted by molar-refractivity contribution is 5.95. The van der Waals surface area contributed by atoms with Crippen LogP contribution in [0.5, 0.6) is 5.75 Å². The van der Waals surface area contributed by atoms with E-state index in [4.69, 9.17) is 4.74 Å². The molecule has 25 heavy (non-hydrogen) atoms. The third-order valence-corrected chi connectivity index (χ3v) is 4.31. The highest BCUT2D eigenvalue weighted by Crippen LogP contribution is 2.29. The van der Waals surface area contributed by atoms with E-state index >= 15 is 0 Å².